The zero-order valence-corrected chi connectivity index (χ0v) is 9.69. The number of halogens is 2. The molecule has 0 saturated heterocycles. The van der Waals surface area contributed by atoms with Crippen LogP contribution in [0.3, 0.4) is 0 Å². The number of hydrogen-bond donors (Lipinski definition) is 0. The molecule has 1 aromatic carbocycles. The summed E-state index contributed by atoms with van der Waals surface area (Å²) in [5, 5.41) is 0.386. The molecule has 1 nitrogen and oxygen atoms in total. The number of hydrogen-bond acceptors (Lipinski definition) is 1. The highest BCUT2D eigenvalue weighted by atomic mass is 35.5. The summed E-state index contributed by atoms with van der Waals surface area (Å²) in [5.74, 6) is -0.183. The van der Waals surface area contributed by atoms with Crippen LogP contribution in [0.1, 0.15) is 18.1 Å². The van der Waals surface area contributed by atoms with Crippen LogP contribution in [-0.4, -0.2) is 5.24 Å². The first kappa shape index (κ1) is 11.5. The minimum atomic E-state index is -0.318. The maximum atomic E-state index is 10.8. The van der Waals surface area contributed by atoms with Gasteiger partial charge in [-0.2, -0.15) is 0 Å². The minimum Gasteiger partial charge on any atom is -0.281 e. The monoisotopic (exact) mass is 230 g/mol. The van der Waals surface area contributed by atoms with E-state index in [0.29, 0.717) is 11.4 Å². The lowest BCUT2D eigenvalue weighted by molar-refractivity contribution is -0.114. The van der Waals surface area contributed by atoms with Gasteiger partial charge in [0.1, 0.15) is 0 Å². The van der Waals surface area contributed by atoms with Crippen LogP contribution >= 0.6 is 23.2 Å². The highest BCUT2D eigenvalue weighted by molar-refractivity contribution is 6.63. The van der Waals surface area contributed by atoms with E-state index in [4.69, 9.17) is 23.2 Å². The van der Waals surface area contributed by atoms with E-state index in [2.05, 4.69) is 0 Å². The zero-order chi connectivity index (χ0) is 10.7. The third-order valence-corrected chi connectivity index (χ3v) is 2.85. The highest BCUT2D eigenvalue weighted by Gasteiger charge is 2.12. The van der Waals surface area contributed by atoms with Gasteiger partial charge in [0.2, 0.25) is 5.24 Å². The van der Waals surface area contributed by atoms with E-state index < -0.39 is 0 Å². The fraction of sp³-hybridized carbons (Fsp3) is 0.364. The van der Waals surface area contributed by atoms with Crippen molar-refractivity contribution in [1.29, 1.82) is 0 Å². The third kappa shape index (κ3) is 3.00. The van der Waals surface area contributed by atoms with Crippen LogP contribution in [-0.2, 0) is 11.2 Å². The second-order valence-corrected chi connectivity index (χ2v) is 4.28. The maximum Gasteiger partial charge on any atom is 0.224 e. The SMILES string of the molecule is Cc1ccc(C[C@@H](C)C(=O)Cl)c(Cl)c1. The van der Waals surface area contributed by atoms with Crippen molar-refractivity contribution in [2.75, 3.05) is 0 Å². The van der Waals surface area contributed by atoms with Crippen LogP contribution in [0.4, 0.5) is 0 Å². The predicted molar refractivity (Wildman–Crippen MR) is 59.9 cm³/mol. The van der Waals surface area contributed by atoms with E-state index in [9.17, 15) is 4.79 Å². The average Bonchev–Trinajstić information content (AvgIpc) is 2.09. The molecule has 0 spiro atoms. The van der Waals surface area contributed by atoms with Crippen molar-refractivity contribution in [2.24, 2.45) is 5.92 Å². The molecule has 0 aliphatic heterocycles. The van der Waals surface area contributed by atoms with E-state index in [1.165, 1.54) is 0 Å². The molecule has 0 saturated carbocycles. The molecule has 1 aromatic rings. The predicted octanol–water partition coefficient (Wildman–Crippen LogP) is 3.59. The maximum absolute atomic E-state index is 10.8. The Hall–Kier alpha value is -0.530. The van der Waals surface area contributed by atoms with E-state index in [1.54, 1.807) is 6.92 Å². The Kier molecular flexibility index (Phi) is 3.97. The van der Waals surface area contributed by atoms with Gasteiger partial charge in [0, 0.05) is 10.9 Å². The standard InChI is InChI=1S/C11H12Cl2O/c1-7-3-4-9(10(12)5-7)6-8(2)11(13)14/h3-5,8H,6H2,1-2H3/t8-/m1/s1. The number of benzene rings is 1. The fourth-order valence-electron chi connectivity index (χ4n) is 1.23. The molecule has 0 bridgehead atoms. The summed E-state index contributed by atoms with van der Waals surface area (Å²) >= 11 is 11.4. The molecule has 0 fully saturated rings. The Balaban J connectivity index is 2.82. The summed E-state index contributed by atoms with van der Waals surface area (Å²) < 4.78 is 0. The lowest BCUT2D eigenvalue weighted by Crippen LogP contribution is -2.07. The molecule has 0 aliphatic rings. The van der Waals surface area contributed by atoms with Gasteiger partial charge in [-0.1, -0.05) is 30.7 Å². The van der Waals surface area contributed by atoms with Gasteiger partial charge in [-0.05, 0) is 42.1 Å². The van der Waals surface area contributed by atoms with E-state index in [1.807, 2.05) is 25.1 Å². The first-order valence-corrected chi connectivity index (χ1v) is 5.20. The van der Waals surface area contributed by atoms with Crippen LogP contribution in [0.2, 0.25) is 5.02 Å². The summed E-state index contributed by atoms with van der Waals surface area (Å²) in [6.07, 6.45) is 0.599. The molecule has 3 heteroatoms. The van der Waals surface area contributed by atoms with Crippen molar-refractivity contribution in [3.8, 4) is 0 Å². The summed E-state index contributed by atoms with van der Waals surface area (Å²) in [6, 6.07) is 5.81. The number of carbonyl (C=O) groups is 1. The fourth-order valence-corrected chi connectivity index (χ4v) is 1.62. The molecule has 76 valence electrons. The van der Waals surface area contributed by atoms with Crippen molar-refractivity contribution in [3.63, 3.8) is 0 Å². The third-order valence-electron chi connectivity index (χ3n) is 2.12. The van der Waals surface area contributed by atoms with Crippen LogP contribution < -0.4 is 0 Å². The minimum absolute atomic E-state index is 0.183. The smallest absolute Gasteiger partial charge is 0.224 e. The van der Waals surface area contributed by atoms with Crippen LogP contribution in [0.15, 0.2) is 18.2 Å². The highest BCUT2D eigenvalue weighted by Crippen LogP contribution is 2.21. The number of carbonyl (C=O) groups excluding carboxylic acids is 1. The molecule has 0 amide bonds. The molecule has 0 N–H and O–H groups in total. The van der Waals surface area contributed by atoms with Gasteiger partial charge < -0.3 is 0 Å². The van der Waals surface area contributed by atoms with Crippen LogP contribution in [0, 0.1) is 12.8 Å². The topological polar surface area (TPSA) is 17.1 Å². The van der Waals surface area contributed by atoms with Gasteiger partial charge in [0.25, 0.3) is 0 Å². The number of rotatable bonds is 3. The Labute approximate surface area is 94.0 Å². The Morgan fingerprint density at radius 1 is 1.50 bits per heavy atom. The molecule has 0 aliphatic carbocycles. The lowest BCUT2D eigenvalue weighted by atomic mass is 10.0. The second-order valence-electron chi connectivity index (χ2n) is 3.50. The van der Waals surface area contributed by atoms with E-state index in [0.717, 1.165) is 11.1 Å². The average molecular weight is 231 g/mol. The molecule has 1 rings (SSSR count). The van der Waals surface area contributed by atoms with Gasteiger partial charge >= 0.3 is 0 Å². The lowest BCUT2D eigenvalue weighted by Gasteiger charge is -2.08. The molecule has 1 atom stereocenters. The molecule has 0 aromatic heterocycles. The molecule has 14 heavy (non-hydrogen) atoms. The molecular formula is C11H12Cl2O. The van der Waals surface area contributed by atoms with E-state index in [-0.39, 0.29) is 11.2 Å². The van der Waals surface area contributed by atoms with Gasteiger partial charge in [-0.15, -0.1) is 0 Å². The van der Waals surface area contributed by atoms with Crippen molar-refractivity contribution < 1.29 is 4.79 Å². The Morgan fingerprint density at radius 2 is 2.14 bits per heavy atom. The van der Waals surface area contributed by atoms with E-state index >= 15 is 0 Å². The zero-order valence-electron chi connectivity index (χ0n) is 8.18. The Bertz CT molecular complexity index is 347. The van der Waals surface area contributed by atoms with Crippen molar-refractivity contribution >= 4 is 28.4 Å². The van der Waals surface area contributed by atoms with Crippen molar-refractivity contribution in [2.45, 2.75) is 20.3 Å². The largest absolute Gasteiger partial charge is 0.281 e. The summed E-state index contributed by atoms with van der Waals surface area (Å²) in [5.41, 5.74) is 2.09. The molecule has 0 heterocycles. The molecule has 0 radical (unpaired) electrons. The summed E-state index contributed by atoms with van der Waals surface area (Å²) in [4.78, 5) is 10.8. The quantitative estimate of drug-likeness (QED) is 0.726. The first-order chi connectivity index (χ1) is 6.50. The molecular weight excluding hydrogens is 219 g/mol. The summed E-state index contributed by atoms with van der Waals surface area (Å²) in [6.45, 7) is 3.78. The number of aryl methyl sites for hydroxylation is 1. The second kappa shape index (κ2) is 4.81. The van der Waals surface area contributed by atoms with Gasteiger partial charge in [-0.3, -0.25) is 4.79 Å². The van der Waals surface area contributed by atoms with Crippen LogP contribution in [0.25, 0.3) is 0 Å². The summed E-state index contributed by atoms with van der Waals surface area (Å²) in [7, 11) is 0. The van der Waals surface area contributed by atoms with Gasteiger partial charge in [0.05, 0.1) is 0 Å². The van der Waals surface area contributed by atoms with Crippen molar-refractivity contribution in [3.05, 3.63) is 34.3 Å². The van der Waals surface area contributed by atoms with Gasteiger partial charge in [0.15, 0.2) is 0 Å². The normalized spacial score (nSPS) is 12.6. The Morgan fingerprint density at radius 3 is 2.64 bits per heavy atom. The van der Waals surface area contributed by atoms with Crippen LogP contribution in [0.5, 0.6) is 0 Å². The van der Waals surface area contributed by atoms with Crippen molar-refractivity contribution in [1.82, 2.24) is 0 Å². The van der Waals surface area contributed by atoms with Gasteiger partial charge in [-0.25, -0.2) is 0 Å². The first-order valence-electron chi connectivity index (χ1n) is 4.45. The molecule has 0 unspecified atom stereocenters.